The van der Waals surface area contributed by atoms with Gasteiger partial charge in [-0.25, -0.2) is 0 Å². The summed E-state index contributed by atoms with van der Waals surface area (Å²) in [6, 6.07) is 4.24. The lowest BCUT2D eigenvalue weighted by Gasteiger charge is -2.00. The second-order valence-corrected chi connectivity index (χ2v) is 7.25. The summed E-state index contributed by atoms with van der Waals surface area (Å²) in [5.41, 5.74) is 0. The number of methoxy groups -OCH3 is 1. The van der Waals surface area contributed by atoms with Crippen LogP contribution in [0.25, 0.3) is 6.08 Å². The minimum atomic E-state index is -0.117. The van der Waals surface area contributed by atoms with Gasteiger partial charge in [0.05, 0.1) is 7.11 Å². The second-order valence-electron chi connectivity index (χ2n) is 6.05. The van der Waals surface area contributed by atoms with Crippen molar-refractivity contribution < 1.29 is 14.3 Å². The van der Waals surface area contributed by atoms with Crippen LogP contribution in [0.4, 0.5) is 0 Å². The Morgan fingerprint density at radius 3 is 2.54 bits per heavy atom. The van der Waals surface area contributed by atoms with Gasteiger partial charge >= 0.3 is 5.97 Å². The highest BCUT2D eigenvalue weighted by Gasteiger charge is 2.02. The number of ether oxygens (including phenoxy) is 1. The molecular formula is C20H30O3S. The molecule has 1 aromatic heterocycles. The van der Waals surface area contributed by atoms with E-state index in [1.807, 2.05) is 6.08 Å². The molecule has 0 aliphatic carbocycles. The summed E-state index contributed by atoms with van der Waals surface area (Å²) in [6.07, 6.45) is 13.4. The Hall–Kier alpha value is -1.42. The molecule has 1 rings (SSSR count). The summed E-state index contributed by atoms with van der Waals surface area (Å²) in [7, 11) is 1.43. The van der Waals surface area contributed by atoms with Crippen LogP contribution in [0.2, 0.25) is 0 Å². The lowest BCUT2D eigenvalue weighted by atomic mass is 10.1. The summed E-state index contributed by atoms with van der Waals surface area (Å²) in [5, 5.41) is 0. The van der Waals surface area contributed by atoms with Crippen molar-refractivity contribution in [1.29, 1.82) is 0 Å². The Labute approximate surface area is 150 Å². The molecule has 0 spiro atoms. The molecule has 0 unspecified atom stereocenters. The van der Waals surface area contributed by atoms with E-state index in [1.54, 1.807) is 17.4 Å². The van der Waals surface area contributed by atoms with Crippen LogP contribution < -0.4 is 0 Å². The van der Waals surface area contributed by atoms with Crippen LogP contribution >= 0.6 is 11.3 Å². The highest BCUT2D eigenvalue weighted by Crippen LogP contribution is 2.20. The monoisotopic (exact) mass is 350 g/mol. The summed E-state index contributed by atoms with van der Waals surface area (Å²) < 4.78 is 4.63. The Balaban J connectivity index is 2.19. The van der Waals surface area contributed by atoms with Crippen molar-refractivity contribution in [3.8, 4) is 0 Å². The van der Waals surface area contributed by atoms with Gasteiger partial charge < -0.3 is 4.74 Å². The number of rotatable bonds is 13. The average molecular weight is 351 g/mol. The van der Waals surface area contributed by atoms with Gasteiger partial charge in [-0.15, -0.1) is 11.3 Å². The molecule has 0 aliphatic rings. The van der Waals surface area contributed by atoms with Crippen molar-refractivity contribution in [2.75, 3.05) is 7.11 Å². The fourth-order valence-corrected chi connectivity index (χ4v) is 3.41. The van der Waals surface area contributed by atoms with Gasteiger partial charge in [-0.2, -0.15) is 0 Å². The molecule has 0 radical (unpaired) electrons. The van der Waals surface area contributed by atoms with Crippen LogP contribution in [0.3, 0.4) is 0 Å². The molecule has 0 saturated heterocycles. The zero-order valence-corrected chi connectivity index (χ0v) is 15.8. The van der Waals surface area contributed by atoms with Gasteiger partial charge in [0.15, 0.2) is 5.78 Å². The number of unbranched alkanes of at least 4 members (excludes halogenated alkanes) is 5. The molecule has 0 bridgehead atoms. The van der Waals surface area contributed by atoms with Crippen molar-refractivity contribution in [2.24, 2.45) is 0 Å². The van der Waals surface area contributed by atoms with Crippen molar-refractivity contribution in [3.05, 3.63) is 28.0 Å². The SMILES string of the molecule is CCCCCC(=O)/C=C/c1ccc(CCCCCCC(=O)OC)s1. The molecule has 0 aliphatic heterocycles. The quantitative estimate of drug-likeness (QED) is 0.265. The number of hydrogen-bond acceptors (Lipinski definition) is 4. The van der Waals surface area contributed by atoms with Crippen molar-refractivity contribution in [3.63, 3.8) is 0 Å². The standard InChI is InChI=1S/C20H30O3S/c1-3-4-7-10-17(21)13-14-19-16-15-18(24-19)11-8-5-6-9-12-20(22)23-2/h13-16H,3-12H2,1-2H3/b14-13+. The molecule has 1 aromatic rings. The number of aryl methyl sites for hydroxylation is 1. The van der Waals surface area contributed by atoms with Gasteiger partial charge in [0.25, 0.3) is 0 Å². The van der Waals surface area contributed by atoms with Gasteiger partial charge in [-0.05, 0) is 50.0 Å². The number of allylic oxidation sites excluding steroid dienone is 1. The summed E-state index contributed by atoms with van der Waals surface area (Å²) in [6.45, 7) is 2.15. The minimum Gasteiger partial charge on any atom is -0.469 e. The average Bonchev–Trinajstić information content (AvgIpc) is 3.04. The van der Waals surface area contributed by atoms with Crippen LogP contribution in [-0.4, -0.2) is 18.9 Å². The van der Waals surface area contributed by atoms with E-state index in [-0.39, 0.29) is 11.8 Å². The third-order valence-electron chi connectivity index (χ3n) is 3.92. The van der Waals surface area contributed by atoms with E-state index in [9.17, 15) is 9.59 Å². The molecule has 0 N–H and O–H groups in total. The van der Waals surface area contributed by atoms with Crippen molar-refractivity contribution in [2.45, 2.75) is 71.1 Å². The van der Waals surface area contributed by atoms with Gasteiger partial charge in [0.2, 0.25) is 0 Å². The van der Waals surface area contributed by atoms with Gasteiger partial charge in [-0.1, -0.05) is 32.6 Å². The molecule has 0 saturated carbocycles. The van der Waals surface area contributed by atoms with E-state index in [4.69, 9.17) is 0 Å². The van der Waals surface area contributed by atoms with E-state index in [2.05, 4.69) is 23.8 Å². The molecule has 1 heterocycles. The summed E-state index contributed by atoms with van der Waals surface area (Å²) >= 11 is 1.76. The van der Waals surface area contributed by atoms with Crippen LogP contribution in [0.5, 0.6) is 0 Å². The van der Waals surface area contributed by atoms with Gasteiger partial charge in [0.1, 0.15) is 0 Å². The van der Waals surface area contributed by atoms with E-state index < -0.39 is 0 Å². The zero-order valence-electron chi connectivity index (χ0n) is 15.0. The maximum absolute atomic E-state index is 11.7. The largest absolute Gasteiger partial charge is 0.469 e. The number of carbonyl (C=O) groups is 2. The maximum Gasteiger partial charge on any atom is 0.305 e. The first-order valence-electron chi connectivity index (χ1n) is 9.02. The first-order chi connectivity index (χ1) is 11.7. The third-order valence-corrected chi connectivity index (χ3v) is 5.03. The Morgan fingerprint density at radius 1 is 1.04 bits per heavy atom. The van der Waals surface area contributed by atoms with E-state index in [1.165, 1.54) is 12.0 Å². The molecule has 0 atom stereocenters. The highest BCUT2D eigenvalue weighted by molar-refractivity contribution is 7.12. The molecule has 134 valence electrons. The maximum atomic E-state index is 11.7. The number of thiophene rings is 1. The first kappa shape index (κ1) is 20.6. The highest BCUT2D eigenvalue weighted by atomic mass is 32.1. The summed E-state index contributed by atoms with van der Waals surface area (Å²) in [4.78, 5) is 25.2. The second kappa shape index (κ2) is 12.9. The first-order valence-corrected chi connectivity index (χ1v) is 9.83. The van der Waals surface area contributed by atoms with Crippen molar-refractivity contribution in [1.82, 2.24) is 0 Å². The predicted octanol–water partition coefficient (Wildman–Crippen LogP) is 5.58. The number of carbonyl (C=O) groups excluding carboxylic acids is 2. The van der Waals surface area contributed by atoms with E-state index in [0.29, 0.717) is 12.8 Å². The lowest BCUT2D eigenvalue weighted by molar-refractivity contribution is -0.140. The fourth-order valence-electron chi connectivity index (χ4n) is 2.45. The van der Waals surface area contributed by atoms with Crippen LogP contribution in [0.15, 0.2) is 18.2 Å². The Kier molecular flexibility index (Phi) is 11.1. The number of esters is 1. The fraction of sp³-hybridized carbons (Fsp3) is 0.600. The minimum absolute atomic E-state index is 0.117. The third kappa shape index (κ3) is 9.66. The van der Waals surface area contributed by atoms with E-state index in [0.717, 1.165) is 56.2 Å². The van der Waals surface area contributed by atoms with Crippen molar-refractivity contribution >= 4 is 29.2 Å². The molecule has 0 fully saturated rings. The molecular weight excluding hydrogens is 320 g/mol. The smallest absolute Gasteiger partial charge is 0.305 e. The normalized spacial score (nSPS) is 11.1. The van der Waals surface area contributed by atoms with Crippen LogP contribution in [0.1, 0.15) is 74.5 Å². The zero-order chi connectivity index (χ0) is 17.6. The topological polar surface area (TPSA) is 43.4 Å². The lowest BCUT2D eigenvalue weighted by Crippen LogP contribution is -1.99. The number of hydrogen-bond donors (Lipinski definition) is 0. The molecule has 0 amide bonds. The van der Waals surface area contributed by atoms with Gasteiger partial charge in [-0.3, -0.25) is 9.59 Å². The molecule has 24 heavy (non-hydrogen) atoms. The van der Waals surface area contributed by atoms with Gasteiger partial charge in [0, 0.05) is 22.6 Å². The van der Waals surface area contributed by atoms with E-state index >= 15 is 0 Å². The van der Waals surface area contributed by atoms with Crippen LogP contribution in [0, 0.1) is 0 Å². The van der Waals surface area contributed by atoms with Crippen LogP contribution in [-0.2, 0) is 20.7 Å². The summed E-state index contributed by atoms with van der Waals surface area (Å²) in [5.74, 6) is 0.109. The Bertz CT molecular complexity index is 517. The molecule has 4 heteroatoms. The molecule has 3 nitrogen and oxygen atoms in total. The molecule has 0 aromatic carbocycles. The number of ketones is 1. The predicted molar refractivity (Wildman–Crippen MR) is 101 cm³/mol. The Morgan fingerprint density at radius 2 is 1.79 bits per heavy atom.